The number of likely N-dealkylation sites (N-methyl/N-ethyl adjacent to an activating group) is 1. The number of benzene rings is 1. The third-order valence-corrected chi connectivity index (χ3v) is 3.49. The Kier molecular flexibility index (Phi) is 8.00. The number of ether oxygens (including phenoxy) is 3. The zero-order valence-electron chi connectivity index (χ0n) is 14.9. The zero-order chi connectivity index (χ0) is 18.8. The largest absolute Gasteiger partial charge is 0.493 e. The summed E-state index contributed by atoms with van der Waals surface area (Å²) in [5.74, 6) is -0.0416. The summed E-state index contributed by atoms with van der Waals surface area (Å²) in [7, 11) is 2.67. The standard InChI is InChI=1S/C18H22N2O5/c1-5-20(6-2)17(21)12-25-15-8-7-13(10-16(15)23-3)9-14(11-19)18(22)24-4/h7-10H,5-6,12H2,1-4H3/b14-9+. The van der Waals surface area contributed by atoms with Crippen LogP contribution in [0.4, 0.5) is 0 Å². The minimum Gasteiger partial charge on any atom is -0.493 e. The molecule has 25 heavy (non-hydrogen) atoms. The molecule has 0 N–H and O–H groups in total. The van der Waals surface area contributed by atoms with Crippen molar-refractivity contribution in [1.29, 1.82) is 5.26 Å². The van der Waals surface area contributed by atoms with E-state index in [1.54, 1.807) is 29.2 Å². The van der Waals surface area contributed by atoms with Gasteiger partial charge >= 0.3 is 5.97 Å². The summed E-state index contributed by atoms with van der Waals surface area (Å²) in [6, 6.07) is 6.66. The van der Waals surface area contributed by atoms with E-state index in [1.165, 1.54) is 20.3 Å². The minimum atomic E-state index is -0.716. The van der Waals surface area contributed by atoms with Crippen LogP contribution in [0.25, 0.3) is 6.08 Å². The van der Waals surface area contributed by atoms with Gasteiger partial charge in [0.05, 0.1) is 14.2 Å². The van der Waals surface area contributed by atoms with Crippen molar-refractivity contribution in [3.63, 3.8) is 0 Å². The molecule has 0 heterocycles. The highest BCUT2D eigenvalue weighted by molar-refractivity contribution is 5.97. The summed E-state index contributed by atoms with van der Waals surface area (Å²) >= 11 is 0. The fourth-order valence-corrected chi connectivity index (χ4v) is 2.11. The van der Waals surface area contributed by atoms with Gasteiger partial charge < -0.3 is 19.1 Å². The topological polar surface area (TPSA) is 88.9 Å². The Balaban J connectivity index is 2.96. The maximum Gasteiger partial charge on any atom is 0.348 e. The number of rotatable bonds is 8. The summed E-state index contributed by atoms with van der Waals surface area (Å²) in [6.07, 6.45) is 1.39. The van der Waals surface area contributed by atoms with Gasteiger partial charge in [0, 0.05) is 13.1 Å². The fourth-order valence-electron chi connectivity index (χ4n) is 2.11. The van der Waals surface area contributed by atoms with Gasteiger partial charge in [-0.2, -0.15) is 5.26 Å². The molecule has 0 aliphatic carbocycles. The van der Waals surface area contributed by atoms with Gasteiger partial charge in [0.15, 0.2) is 18.1 Å². The van der Waals surface area contributed by atoms with Crippen LogP contribution < -0.4 is 9.47 Å². The molecule has 0 radical (unpaired) electrons. The van der Waals surface area contributed by atoms with Gasteiger partial charge in [0.1, 0.15) is 11.6 Å². The molecule has 0 aliphatic rings. The summed E-state index contributed by atoms with van der Waals surface area (Å²) in [4.78, 5) is 25.1. The van der Waals surface area contributed by atoms with Gasteiger partial charge in [-0.05, 0) is 37.6 Å². The van der Waals surface area contributed by atoms with E-state index < -0.39 is 5.97 Å². The van der Waals surface area contributed by atoms with Crippen molar-refractivity contribution < 1.29 is 23.8 Å². The smallest absolute Gasteiger partial charge is 0.348 e. The maximum absolute atomic E-state index is 12.0. The molecule has 1 aromatic carbocycles. The predicted octanol–water partition coefficient (Wildman–Crippen LogP) is 2.02. The molecule has 1 aromatic rings. The van der Waals surface area contributed by atoms with Crippen LogP contribution in [0.1, 0.15) is 19.4 Å². The molecule has 0 saturated carbocycles. The van der Waals surface area contributed by atoms with Crippen LogP contribution in [-0.2, 0) is 14.3 Å². The van der Waals surface area contributed by atoms with E-state index in [2.05, 4.69) is 4.74 Å². The molecular formula is C18H22N2O5. The molecular weight excluding hydrogens is 324 g/mol. The van der Waals surface area contributed by atoms with Crippen molar-refractivity contribution in [2.45, 2.75) is 13.8 Å². The second-order valence-corrected chi connectivity index (χ2v) is 4.93. The van der Waals surface area contributed by atoms with Crippen molar-refractivity contribution in [3.05, 3.63) is 29.3 Å². The molecule has 1 amide bonds. The Bertz CT molecular complexity index is 687. The first-order valence-electron chi connectivity index (χ1n) is 7.79. The third kappa shape index (κ3) is 5.53. The Morgan fingerprint density at radius 1 is 1.20 bits per heavy atom. The Morgan fingerprint density at radius 3 is 2.40 bits per heavy atom. The van der Waals surface area contributed by atoms with E-state index >= 15 is 0 Å². The first kappa shape index (κ1) is 20.0. The fraction of sp³-hybridized carbons (Fsp3) is 0.389. The molecule has 7 heteroatoms. The second kappa shape index (κ2) is 9.98. The highest BCUT2D eigenvalue weighted by atomic mass is 16.5. The number of nitriles is 1. The van der Waals surface area contributed by atoms with E-state index in [0.29, 0.717) is 30.2 Å². The molecule has 0 bridgehead atoms. The lowest BCUT2D eigenvalue weighted by atomic mass is 10.1. The number of hydrogen-bond acceptors (Lipinski definition) is 6. The van der Waals surface area contributed by atoms with E-state index in [4.69, 9.17) is 14.7 Å². The summed E-state index contributed by atoms with van der Waals surface area (Å²) < 4.78 is 15.3. The number of amides is 1. The van der Waals surface area contributed by atoms with E-state index in [0.717, 1.165) is 0 Å². The van der Waals surface area contributed by atoms with Gasteiger partial charge in [-0.1, -0.05) is 6.07 Å². The lowest BCUT2D eigenvalue weighted by Crippen LogP contribution is -2.34. The molecule has 0 unspecified atom stereocenters. The molecule has 0 fully saturated rings. The first-order valence-corrected chi connectivity index (χ1v) is 7.79. The Morgan fingerprint density at radius 2 is 1.88 bits per heavy atom. The SMILES string of the molecule is CCN(CC)C(=O)COc1ccc(/C=C(\C#N)C(=O)OC)cc1OC. The van der Waals surface area contributed by atoms with Crippen LogP contribution in [0.2, 0.25) is 0 Å². The second-order valence-electron chi connectivity index (χ2n) is 4.93. The van der Waals surface area contributed by atoms with E-state index in [1.807, 2.05) is 13.8 Å². The quantitative estimate of drug-likeness (QED) is 0.406. The van der Waals surface area contributed by atoms with Gasteiger partial charge in [0.25, 0.3) is 5.91 Å². The lowest BCUT2D eigenvalue weighted by Gasteiger charge is -2.19. The summed E-state index contributed by atoms with van der Waals surface area (Å²) in [5.41, 5.74) is 0.441. The van der Waals surface area contributed by atoms with Crippen molar-refractivity contribution in [1.82, 2.24) is 4.90 Å². The Hall–Kier alpha value is -3.01. The van der Waals surface area contributed by atoms with Gasteiger partial charge in [0.2, 0.25) is 0 Å². The average molecular weight is 346 g/mol. The number of carbonyl (C=O) groups is 2. The van der Waals surface area contributed by atoms with Crippen LogP contribution in [0.5, 0.6) is 11.5 Å². The summed E-state index contributed by atoms with van der Waals surface area (Å²) in [5, 5.41) is 9.00. The van der Waals surface area contributed by atoms with Gasteiger partial charge in [-0.15, -0.1) is 0 Å². The third-order valence-electron chi connectivity index (χ3n) is 3.49. The highest BCUT2D eigenvalue weighted by Crippen LogP contribution is 2.29. The molecule has 0 spiro atoms. The molecule has 0 aliphatic heterocycles. The van der Waals surface area contributed by atoms with Crippen LogP contribution >= 0.6 is 0 Å². The molecule has 7 nitrogen and oxygen atoms in total. The van der Waals surface area contributed by atoms with Crippen LogP contribution in [0, 0.1) is 11.3 Å². The molecule has 0 saturated heterocycles. The van der Waals surface area contributed by atoms with Gasteiger partial charge in [-0.25, -0.2) is 4.79 Å². The van der Waals surface area contributed by atoms with Crippen molar-refractivity contribution in [2.75, 3.05) is 33.9 Å². The highest BCUT2D eigenvalue weighted by Gasteiger charge is 2.13. The van der Waals surface area contributed by atoms with Crippen LogP contribution in [0.15, 0.2) is 23.8 Å². The van der Waals surface area contributed by atoms with Crippen molar-refractivity contribution in [2.24, 2.45) is 0 Å². The van der Waals surface area contributed by atoms with Crippen molar-refractivity contribution in [3.8, 4) is 17.6 Å². The Labute approximate surface area is 147 Å². The molecule has 134 valence electrons. The van der Waals surface area contributed by atoms with Crippen molar-refractivity contribution >= 4 is 18.0 Å². The first-order chi connectivity index (χ1) is 12.0. The van der Waals surface area contributed by atoms with E-state index in [-0.39, 0.29) is 18.1 Å². The number of nitrogens with zero attached hydrogens (tertiary/aromatic N) is 2. The molecule has 1 rings (SSSR count). The van der Waals surface area contributed by atoms with Gasteiger partial charge in [-0.3, -0.25) is 4.79 Å². The summed E-state index contributed by atoms with van der Waals surface area (Å²) in [6.45, 7) is 4.93. The predicted molar refractivity (Wildman–Crippen MR) is 92.0 cm³/mol. The number of carbonyl (C=O) groups excluding carboxylic acids is 2. The zero-order valence-corrected chi connectivity index (χ0v) is 14.9. The number of methoxy groups -OCH3 is 2. The lowest BCUT2D eigenvalue weighted by molar-refractivity contribution is -0.135. The maximum atomic E-state index is 12.0. The number of esters is 1. The normalized spacial score (nSPS) is 10.6. The molecule has 0 aromatic heterocycles. The number of hydrogen-bond donors (Lipinski definition) is 0. The van der Waals surface area contributed by atoms with E-state index in [9.17, 15) is 9.59 Å². The van der Waals surface area contributed by atoms with Crippen LogP contribution in [-0.4, -0.2) is 50.7 Å². The average Bonchev–Trinajstić information content (AvgIpc) is 2.64. The molecule has 0 atom stereocenters. The monoisotopic (exact) mass is 346 g/mol. The van der Waals surface area contributed by atoms with Crippen LogP contribution in [0.3, 0.4) is 0 Å². The minimum absolute atomic E-state index is 0.0984.